The monoisotopic (exact) mass is 386 g/mol. The van der Waals surface area contributed by atoms with Crippen LogP contribution in [0.5, 0.6) is 0 Å². The Morgan fingerprint density at radius 2 is 1.45 bits per heavy atom. The van der Waals surface area contributed by atoms with E-state index in [-0.39, 0.29) is 11.6 Å². The predicted octanol–water partition coefficient (Wildman–Crippen LogP) is 3.17. The van der Waals surface area contributed by atoms with E-state index in [1.165, 1.54) is 11.1 Å². The average Bonchev–Trinajstić information content (AvgIpc) is 3.25. The summed E-state index contributed by atoms with van der Waals surface area (Å²) in [6, 6.07) is 21.7. The summed E-state index contributed by atoms with van der Waals surface area (Å²) in [5, 5.41) is 0. The van der Waals surface area contributed by atoms with Crippen molar-refractivity contribution in [2.75, 3.05) is 31.1 Å². The first-order chi connectivity index (χ1) is 14.3. The Balaban J connectivity index is 1.37. The van der Waals surface area contributed by atoms with Gasteiger partial charge in [0.15, 0.2) is 0 Å². The first kappa shape index (κ1) is 18.1. The fraction of sp³-hybridized carbons (Fsp3) is 0.333. The lowest BCUT2D eigenvalue weighted by Crippen LogP contribution is -2.48. The van der Waals surface area contributed by atoms with E-state index >= 15 is 0 Å². The summed E-state index contributed by atoms with van der Waals surface area (Å²) in [4.78, 5) is 24.9. The molecule has 5 heteroatoms. The van der Waals surface area contributed by atoms with Crippen molar-refractivity contribution in [3.63, 3.8) is 0 Å². The van der Waals surface area contributed by atoms with Gasteiger partial charge in [-0.3, -0.25) is 14.7 Å². The van der Waals surface area contributed by atoms with Crippen LogP contribution in [-0.4, -0.2) is 41.0 Å². The molecule has 0 radical (unpaired) electrons. The minimum absolute atomic E-state index is 0.0522. The van der Waals surface area contributed by atoms with Crippen LogP contribution in [0.1, 0.15) is 34.8 Å². The van der Waals surface area contributed by atoms with E-state index in [9.17, 15) is 4.79 Å². The predicted molar refractivity (Wildman–Crippen MR) is 115 cm³/mol. The molecule has 0 atom stereocenters. The van der Waals surface area contributed by atoms with Crippen molar-refractivity contribution in [1.29, 1.82) is 0 Å². The van der Waals surface area contributed by atoms with Crippen molar-refractivity contribution < 1.29 is 0 Å². The van der Waals surface area contributed by atoms with Crippen LogP contribution in [0, 0.1) is 0 Å². The molecule has 148 valence electrons. The maximum absolute atomic E-state index is 12.4. The molecule has 0 saturated carbocycles. The fourth-order valence-corrected chi connectivity index (χ4v) is 4.65. The van der Waals surface area contributed by atoms with Crippen molar-refractivity contribution in [2.24, 2.45) is 0 Å². The lowest BCUT2D eigenvalue weighted by molar-refractivity contribution is 0.211. The number of benzene rings is 2. The van der Waals surface area contributed by atoms with E-state index in [1.54, 1.807) is 0 Å². The number of aromatic nitrogens is 2. The van der Waals surface area contributed by atoms with Gasteiger partial charge in [-0.2, -0.15) is 0 Å². The highest BCUT2D eigenvalue weighted by molar-refractivity contribution is 5.37. The van der Waals surface area contributed by atoms with Crippen molar-refractivity contribution in [2.45, 2.75) is 25.3 Å². The molecule has 29 heavy (non-hydrogen) atoms. The molecular weight excluding hydrogens is 360 g/mol. The van der Waals surface area contributed by atoms with Gasteiger partial charge in [-0.1, -0.05) is 60.7 Å². The Hall–Kier alpha value is -2.92. The van der Waals surface area contributed by atoms with Gasteiger partial charge in [0.25, 0.3) is 5.56 Å². The molecular formula is C24H26N4O. The molecule has 2 aromatic carbocycles. The van der Waals surface area contributed by atoms with Crippen LogP contribution in [-0.2, 0) is 12.8 Å². The largest absolute Gasteiger partial charge is 0.340 e. The number of fused-ring (bicyclic) bond motifs is 1. The quantitative estimate of drug-likeness (QED) is 0.748. The van der Waals surface area contributed by atoms with Gasteiger partial charge in [-0.25, -0.2) is 4.98 Å². The number of nitrogens with one attached hydrogen (secondary N) is 1. The number of piperazine rings is 1. The van der Waals surface area contributed by atoms with Gasteiger partial charge in [-0.15, -0.1) is 0 Å². The Morgan fingerprint density at radius 1 is 0.828 bits per heavy atom. The maximum Gasteiger partial charge on any atom is 0.255 e. The van der Waals surface area contributed by atoms with Crippen LogP contribution in [0.25, 0.3) is 0 Å². The molecule has 1 aliphatic heterocycles. The molecule has 1 fully saturated rings. The molecule has 0 amide bonds. The molecule has 1 aromatic heterocycles. The standard InChI is InChI=1S/C24H26N4O/c29-23-20-12-7-13-21(20)25-24(26-23)28-16-14-27(15-17-28)22(18-8-3-1-4-9-18)19-10-5-2-6-11-19/h1-6,8-11,22H,7,12-17H2,(H,25,26,29). The number of H-pyrrole nitrogens is 1. The smallest absolute Gasteiger partial charge is 0.255 e. The second-order valence-electron chi connectivity index (χ2n) is 7.92. The highest BCUT2D eigenvalue weighted by Crippen LogP contribution is 2.30. The van der Waals surface area contributed by atoms with E-state index in [1.807, 2.05) is 0 Å². The third-order valence-corrected chi connectivity index (χ3v) is 6.14. The molecule has 5 rings (SSSR count). The summed E-state index contributed by atoms with van der Waals surface area (Å²) >= 11 is 0. The number of rotatable bonds is 4. The van der Waals surface area contributed by atoms with Crippen LogP contribution < -0.4 is 10.5 Å². The van der Waals surface area contributed by atoms with E-state index in [0.29, 0.717) is 0 Å². The fourth-order valence-electron chi connectivity index (χ4n) is 4.65. The Bertz CT molecular complexity index is 984. The van der Waals surface area contributed by atoms with E-state index < -0.39 is 0 Å². The summed E-state index contributed by atoms with van der Waals surface area (Å²) in [6.45, 7) is 3.57. The molecule has 2 aliphatic rings. The average molecular weight is 386 g/mol. The lowest BCUT2D eigenvalue weighted by Gasteiger charge is -2.40. The van der Waals surface area contributed by atoms with Crippen LogP contribution in [0.3, 0.4) is 0 Å². The van der Waals surface area contributed by atoms with Gasteiger partial charge in [0.1, 0.15) is 0 Å². The highest BCUT2D eigenvalue weighted by Gasteiger charge is 2.28. The maximum atomic E-state index is 12.4. The minimum atomic E-state index is 0.0522. The Labute approximate surface area is 171 Å². The van der Waals surface area contributed by atoms with Gasteiger partial charge in [0, 0.05) is 31.7 Å². The van der Waals surface area contributed by atoms with Gasteiger partial charge >= 0.3 is 0 Å². The van der Waals surface area contributed by atoms with Gasteiger partial charge in [0.2, 0.25) is 5.95 Å². The van der Waals surface area contributed by atoms with Crippen molar-refractivity contribution in [1.82, 2.24) is 14.9 Å². The molecule has 1 aliphatic carbocycles. The van der Waals surface area contributed by atoms with Gasteiger partial charge in [-0.05, 0) is 30.4 Å². The molecule has 2 heterocycles. The number of aromatic amines is 1. The molecule has 0 bridgehead atoms. The first-order valence-corrected chi connectivity index (χ1v) is 10.5. The third kappa shape index (κ3) is 3.58. The zero-order chi connectivity index (χ0) is 19.6. The number of hydrogen-bond acceptors (Lipinski definition) is 4. The number of aryl methyl sites for hydroxylation is 1. The number of nitrogens with zero attached hydrogens (tertiary/aromatic N) is 3. The number of hydrogen-bond donors (Lipinski definition) is 1. The second kappa shape index (κ2) is 7.84. The summed E-state index contributed by atoms with van der Waals surface area (Å²) in [5.41, 5.74) is 4.57. The van der Waals surface area contributed by atoms with E-state index in [4.69, 9.17) is 4.98 Å². The van der Waals surface area contributed by atoms with Crippen LogP contribution in [0.15, 0.2) is 65.5 Å². The summed E-state index contributed by atoms with van der Waals surface area (Å²) in [6.07, 6.45) is 2.83. The SMILES string of the molecule is O=c1[nH]c(N2CCN(C(c3ccccc3)c3ccccc3)CC2)nc2c1CCC2. The first-order valence-electron chi connectivity index (χ1n) is 10.5. The normalized spacial score (nSPS) is 16.9. The summed E-state index contributed by atoms with van der Waals surface area (Å²) in [5.74, 6) is 0.742. The highest BCUT2D eigenvalue weighted by atomic mass is 16.1. The molecule has 1 N–H and O–H groups in total. The molecule has 1 saturated heterocycles. The minimum Gasteiger partial charge on any atom is -0.340 e. The van der Waals surface area contributed by atoms with Gasteiger partial charge in [0.05, 0.1) is 11.7 Å². The Kier molecular flexibility index (Phi) is 4.90. The zero-order valence-electron chi connectivity index (χ0n) is 16.6. The molecule has 0 spiro atoms. The van der Waals surface area contributed by atoms with Crippen LogP contribution in [0.2, 0.25) is 0 Å². The van der Waals surface area contributed by atoms with Gasteiger partial charge < -0.3 is 4.90 Å². The molecule has 3 aromatic rings. The number of anilines is 1. The summed E-state index contributed by atoms with van der Waals surface area (Å²) in [7, 11) is 0. The second-order valence-corrected chi connectivity index (χ2v) is 7.92. The zero-order valence-corrected chi connectivity index (χ0v) is 16.6. The lowest BCUT2D eigenvalue weighted by atomic mass is 9.96. The molecule has 5 nitrogen and oxygen atoms in total. The van der Waals surface area contributed by atoms with Crippen molar-refractivity contribution >= 4 is 5.95 Å². The van der Waals surface area contributed by atoms with E-state index in [2.05, 4.69) is 75.4 Å². The summed E-state index contributed by atoms with van der Waals surface area (Å²) < 4.78 is 0. The molecule has 0 unspecified atom stereocenters. The van der Waals surface area contributed by atoms with Crippen LogP contribution in [0.4, 0.5) is 5.95 Å². The van der Waals surface area contributed by atoms with Crippen molar-refractivity contribution in [3.8, 4) is 0 Å². The van der Waals surface area contributed by atoms with Crippen molar-refractivity contribution in [3.05, 3.63) is 93.4 Å². The van der Waals surface area contributed by atoms with E-state index in [0.717, 1.165) is 62.6 Å². The van der Waals surface area contributed by atoms with Crippen LogP contribution >= 0.6 is 0 Å². The topological polar surface area (TPSA) is 52.2 Å². The Morgan fingerprint density at radius 3 is 2.07 bits per heavy atom. The third-order valence-electron chi connectivity index (χ3n) is 6.14.